The Morgan fingerprint density at radius 1 is 1.40 bits per heavy atom. The number of imidazole rings is 1. The lowest BCUT2D eigenvalue weighted by atomic mass is 9.88. The molecule has 1 aromatic carbocycles. The highest BCUT2D eigenvalue weighted by molar-refractivity contribution is 5.82. The number of benzene rings is 1. The summed E-state index contributed by atoms with van der Waals surface area (Å²) in [6, 6.07) is 9.91. The summed E-state index contributed by atoms with van der Waals surface area (Å²) in [6.45, 7) is 1.41. The first-order valence-electron chi connectivity index (χ1n) is 8.45. The average Bonchev–Trinajstić information content (AvgIpc) is 3.12. The van der Waals surface area contributed by atoms with E-state index in [-0.39, 0.29) is 12.3 Å². The predicted octanol–water partition coefficient (Wildman–Crippen LogP) is 1.71. The number of primary amides is 1. The van der Waals surface area contributed by atoms with Crippen LogP contribution in [0.2, 0.25) is 0 Å². The number of aliphatic hydroxyl groups is 2. The lowest BCUT2D eigenvalue weighted by molar-refractivity contribution is -0.135. The highest BCUT2D eigenvalue weighted by Gasteiger charge is 2.30. The van der Waals surface area contributed by atoms with Crippen molar-refractivity contribution in [2.75, 3.05) is 0 Å². The molecule has 1 aromatic heterocycles. The molecule has 0 saturated heterocycles. The summed E-state index contributed by atoms with van der Waals surface area (Å²) >= 11 is 0. The molecule has 1 heterocycles. The molecular formula is C19H26N3O3. The number of aromatic amines is 1. The SMILES string of the molecule is CC(O)(CC[C@H](C[C@@H](O)[CH]Cc1ccccc1)c1ncc[nH]1)C(N)=O. The van der Waals surface area contributed by atoms with Gasteiger partial charge in [0.15, 0.2) is 0 Å². The molecule has 2 aromatic rings. The van der Waals surface area contributed by atoms with Crippen LogP contribution in [0.25, 0.3) is 0 Å². The van der Waals surface area contributed by atoms with Crippen LogP contribution in [-0.2, 0) is 11.2 Å². The summed E-state index contributed by atoms with van der Waals surface area (Å²) in [6.07, 6.45) is 6.43. The summed E-state index contributed by atoms with van der Waals surface area (Å²) in [5.74, 6) is -0.128. The van der Waals surface area contributed by atoms with Crippen LogP contribution in [0.1, 0.15) is 43.5 Å². The quantitative estimate of drug-likeness (QED) is 0.525. The largest absolute Gasteiger partial charge is 0.393 e. The summed E-state index contributed by atoms with van der Waals surface area (Å²) < 4.78 is 0. The first-order chi connectivity index (χ1) is 11.9. The minimum Gasteiger partial charge on any atom is -0.393 e. The van der Waals surface area contributed by atoms with Gasteiger partial charge >= 0.3 is 0 Å². The number of hydrogen-bond acceptors (Lipinski definition) is 4. The molecule has 6 nitrogen and oxygen atoms in total. The number of nitrogens with two attached hydrogens (primary N) is 1. The van der Waals surface area contributed by atoms with E-state index in [9.17, 15) is 15.0 Å². The van der Waals surface area contributed by atoms with Gasteiger partial charge in [0.2, 0.25) is 5.91 Å². The smallest absolute Gasteiger partial charge is 0.249 e. The van der Waals surface area contributed by atoms with Crippen LogP contribution in [0, 0.1) is 6.42 Å². The lowest BCUT2D eigenvalue weighted by Crippen LogP contribution is -2.41. The van der Waals surface area contributed by atoms with Crippen LogP contribution in [0.3, 0.4) is 0 Å². The second-order valence-electron chi connectivity index (χ2n) is 6.58. The van der Waals surface area contributed by atoms with E-state index in [0.29, 0.717) is 19.3 Å². The van der Waals surface area contributed by atoms with Gasteiger partial charge in [-0.25, -0.2) is 4.98 Å². The Morgan fingerprint density at radius 3 is 2.72 bits per heavy atom. The minimum absolute atomic E-state index is 0.108. The van der Waals surface area contributed by atoms with E-state index in [1.54, 1.807) is 12.4 Å². The summed E-state index contributed by atoms with van der Waals surface area (Å²) in [5, 5.41) is 20.4. The molecule has 1 amide bonds. The highest BCUT2D eigenvalue weighted by atomic mass is 16.3. The fourth-order valence-electron chi connectivity index (χ4n) is 2.72. The molecule has 25 heavy (non-hydrogen) atoms. The monoisotopic (exact) mass is 344 g/mol. The normalized spacial score (nSPS) is 16.1. The third-order valence-electron chi connectivity index (χ3n) is 4.41. The lowest BCUT2D eigenvalue weighted by Gasteiger charge is -2.24. The number of hydrogen-bond donors (Lipinski definition) is 4. The Bertz CT molecular complexity index is 641. The number of carbonyl (C=O) groups is 1. The molecule has 135 valence electrons. The molecule has 1 radical (unpaired) electrons. The molecule has 0 saturated carbocycles. The number of aromatic nitrogens is 2. The van der Waals surface area contributed by atoms with Gasteiger partial charge in [0, 0.05) is 18.3 Å². The first kappa shape index (κ1) is 19.1. The molecule has 1 unspecified atom stereocenters. The molecule has 3 atom stereocenters. The number of nitrogens with one attached hydrogen (secondary N) is 1. The van der Waals surface area contributed by atoms with Gasteiger partial charge in [-0.2, -0.15) is 0 Å². The predicted molar refractivity (Wildman–Crippen MR) is 95.5 cm³/mol. The van der Waals surface area contributed by atoms with Crippen molar-refractivity contribution in [1.82, 2.24) is 9.97 Å². The average molecular weight is 344 g/mol. The van der Waals surface area contributed by atoms with Crippen LogP contribution in [0.4, 0.5) is 0 Å². The molecule has 0 fully saturated rings. The molecule has 0 spiro atoms. The number of carbonyl (C=O) groups excluding carboxylic acids is 1. The van der Waals surface area contributed by atoms with Gasteiger partial charge in [0.25, 0.3) is 0 Å². The van der Waals surface area contributed by atoms with Gasteiger partial charge in [0.05, 0.1) is 6.10 Å². The molecule has 0 aliphatic rings. The van der Waals surface area contributed by atoms with E-state index in [1.165, 1.54) is 6.92 Å². The highest BCUT2D eigenvalue weighted by Crippen LogP contribution is 2.28. The Kier molecular flexibility index (Phi) is 6.73. The number of H-pyrrole nitrogens is 1. The van der Waals surface area contributed by atoms with E-state index in [4.69, 9.17) is 5.73 Å². The molecule has 0 bridgehead atoms. The van der Waals surface area contributed by atoms with E-state index in [0.717, 1.165) is 11.4 Å². The van der Waals surface area contributed by atoms with Gasteiger partial charge in [-0.05, 0) is 44.6 Å². The van der Waals surface area contributed by atoms with Gasteiger partial charge < -0.3 is 20.9 Å². The van der Waals surface area contributed by atoms with Crippen molar-refractivity contribution in [2.24, 2.45) is 5.73 Å². The Labute approximate surface area is 148 Å². The van der Waals surface area contributed by atoms with Gasteiger partial charge in [-0.3, -0.25) is 4.79 Å². The zero-order chi connectivity index (χ0) is 18.3. The van der Waals surface area contributed by atoms with Crippen molar-refractivity contribution in [3.8, 4) is 0 Å². The van der Waals surface area contributed by atoms with E-state index in [2.05, 4.69) is 9.97 Å². The van der Waals surface area contributed by atoms with Gasteiger partial charge in [-0.15, -0.1) is 0 Å². The van der Waals surface area contributed by atoms with Crippen LogP contribution in [-0.4, -0.2) is 37.8 Å². The molecule has 2 rings (SSSR count). The first-order valence-corrected chi connectivity index (χ1v) is 8.45. The molecular weight excluding hydrogens is 318 g/mol. The number of aliphatic hydroxyl groups excluding tert-OH is 1. The maximum absolute atomic E-state index is 11.3. The van der Waals surface area contributed by atoms with Gasteiger partial charge in [0.1, 0.15) is 11.4 Å². The topological polar surface area (TPSA) is 112 Å². The van der Waals surface area contributed by atoms with E-state index in [1.807, 2.05) is 36.8 Å². The second kappa shape index (κ2) is 8.78. The molecule has 0 aliphatic heterocycles. The van der Waals surface area contributed by atoms with Crippen molar-refractivity contribution < 1.29 is 15.0 Å². The molecule has 0 aliphatic carbocycles. The Morgan fingerprint density at radius 2 is 2.12 bits per heavy atom. The maximum Gasteiger partial charge on any atom is 0.249 e. The van der Waals surface area contributed by atoms with Crippen LogP contribution < -0.4 is 5.73 Å². The third kappa shape index (κ3) is 5.99. The fraction of sp³-hybridized carbons (Fsp3) is 0.421. The van der Waals surface area contributed by atoms with Gasteiger partial charge in [-0.1, -0.05) is 30.3 Å². The summed E-state index contributed by atoms with van der Waals surface area (Å²) in [5.41, 5.74) is 4.79. The van der Waals surface area contributed by atoms with Crippen molar-refractivity contribution in [3.63, 3.8) is 0 Å². The van der Waals surface area contributed by atoms with Crippen molar-refractivity contribution in [1.29, 1.82) is 0 Å². The molecule has 5 N–H and O–H groups in total. The summed E-state index contributed by atoms with van der Waals surface area (Å²) in [7, 11) is 0. The zero-order valence-electron chi connectivity index (χ0n) is 14.4. The minimum atomic E-state index is -1.57. The van der Waals surface area contributed by atoms with Crippen molar-refractivity contribution in [3.05, 3.63) is 60.5 Å². The van der Waals surface area contributed by atoms with Crippen LogP contribution in [0.5, 0.6) is 0 Å². The fourth-order valence-corrected chi connectivity index (χ4v) is 2.72. The Hall–Kier alpha value is -2.18. The third-order valence-corrected chi connectivity index (χ3v) is 4.41. The van der Waals surface area contributed by atoms with E-state index < -0.39 is 17.6 Å². The number of rotatable bonds is 10. The number of amides is 1. The molecule has 6 heteroatoms. The second-order valence-corrected chi connectivity index (χ2v) is 6.58. The van der Waals surface area contributed by atoms with Crippen LogP contribution in [0.15, 0.2) is 42.7 Å². The summed E-state index contributed by atoms with van der Waals surface area (Å²) in [4.78, 5) is 18.6. The number of nitrogens with zero attached hydrogens (tertiary/aromatic N) is 1. The standard InChI is InChI=1S/C19H26N3O3/c1-19(25,18(20)24)10-9-15(17-21-11-12-22-17)13-16(23)8-7-14-5-3-2-4-6-14/h2-6,8,11-12,15-16,23,25H,7,9-10,13H2,1H3,(H2,20,24)(H,21,22)/t15-,16+,19?/m1/s1. The Balaban J connectivity index is 1.93. The van der Waals surface area contributed by atoms with E-state index >= 15 is 0 Å². The van der Waals surface area contributed by atoms with Crippen molar-refractivity contribution in [2.45, 2.75) is 50.2 Å². The van der Waals surface area contributed by atoms with Crippen LogP contribution >= 0.6 is 0 Å². The van der Waals surface area contributed by atoms with Crippen molar-refractivity contribution >= 4 is 5.91 Å². The zero-order valence-corrected chi connectivity index (χ0v) is 14.4. The maximum atomic E-state index is 11.3.